The molecule has 0 unspecified atom stereocenters. The molecule has 0 aromatic heterocycles. The highest BCUT2D eigenvalue weighted by atomic mass is 16.5. The topological polar surface area (TPSA) is 38.8 Å². The summed E-state index contributed by atoms with van der Waals surface area (Å²) in [6, 6.07) is 0. The Morgan fingerprint density at radius 2 is 2.05 bits per heavy atom. The first kappa shape index (κ1) is 15.0. The lowest BCUT2D eigenvalue weighted by Crippen LogP contribution is -2.50. The molecule has 21 heavy (non-hydrogen) atoms. The highest BCUT2D eigenvalue weighted by Crippen LogP contribution is 2.42. The number of piperidine rings is 1. The van der Waals surface area contributed by atoms with E-state index in [-0.39, 0.29) is 11.5 Å². The first-order valence-corrected chi connectivity index (χ1v) is 8.32. The molecule has 0 radical (unpaired) electrons. The van der Waals surface area contributed by atoms with E-state index in [9.17, 15) is 4.79 Å². The molecular weight excluding hydrogens is 266 g/mol. The summed E-state index contributed by atoms with van der Waals surface area (Å²) in [5.41, 5.74) is 0.0171. The maximum atomic E-state index is 12.5. The molecule has 2 saturated heterocycles. The summed E-state index contributed by atoms with van der Waals surface area (Å²) < 4.78 is 11.4. The summed E-state index contributed by atoms with van der Waals surface area (Å²) in [7, 11) is 1.76. The second-order valence-electron chi connectivity index (χ2n) is 6.65. The van der Waals surface area contributed by atoms with Crippen molar-refractivity contribution in [2.24, 2.45) is 11.8 Å². The number of rotatable bonds is 4. The Hall–Kier alpha value is -0.870. The van der Waals surface area contributed by atoms with Crippen LogP contribution in [-0.2, 0) is 14.3 Å². The van der Waals surface area contributed by atoms with Crippen LogP contribution >= 0.6 is 0 Å². The highest BCUT2D eigenvalue weighted by Gasteiger charge is 2.46. The van der Waals surface area contributed by atoms with Gasteiger partial charge in [0.25, 0.3) is 0 Å². The molecule has 3 aliphatic rings. The van der Waals surface area contributed by atoms with E-state index in [0.717, 1.165) is 64.8 Å². The van der Waals surface area contributed by atoms with Crippen molar-refractivity contribution < 1.29 is 14.3 Å². The third-order valence-electron chi connectivity index (χ3n) is 5.55. The summed E-state index contributed by atoms with van der Waals surface area (Å²) in [5.74, 6) is 1.15. The second kappa shape index (κ2) is 6.49. The number of hydrogen-bond donors (Lipinski definition) is 0. The smallest absolute Gasteiger partial charge is 0.226 e. The zero-order valence-electron chi connectivity index (χ0n) is 13.1. The standard InChI is InChI=1S/C17H27NO3/c1-20-12-6-15-7-13-21-17(15)8-10-18(11-9-17)16(19)14-4-2-3-5-14/h2-3,14-15H,4-13H2,1H3/t15-/m1/s1. The normalized spacial score (nSPS) is 28.6. The molecule has 2 fully saturated rings. The molecule has 2 heterocycles. The molecule has 0 aromatic carbocycles. The largest absolute Gasteiger partial charge is 0.385 e. The average Bonchev–Trinajstić information content (AvgIpc) is 3.16. The number of carbonyl (C=O) groups excluding carboxylic acids is 1. The molecule has 0 bridgehead atoms. The van der Waals surface area contributed by atoms with E-state index in [1.807, 2.05) is 0 Å². The molecule has 3 rings (SSSR count). The molecule has 1 spiro atoms. The molecule has 4 nitrogen and oxygen atoms in total. The van der Waals surface area contributed by atoms with Crippen LogP contribution in [0.25, 0.3) is 0 Å². The van der Waals surface area contributed by atoms with Crippen LogP contribution in [0.5, 0.6) is 0 Å². The Labute approximate surface area is 127 Å². The minimum atomic E-state index is 0.0171. The maximum Gasteiger partial charge on any atom is 0.226 e. The molecule has 1 amide bonds. The Kier molecular flexibility index (Phi) is 4.65. The van der Waals surface area contributed by atoms with E-state index in [2.05, 4.69) is 17.1 Å². The van der Waals surface area contributed by atoms with Crippen LogP contribution in [0.4, 0.5) is 0 Å². The fourth-order valence-electron chi connectivity index (χ4n) is 4.19. The van der Waals surface area contributed by atoms with Crippen LogP contribution in [0.3, 0.4) is 0 Å². The van der Waals surface area contributed by atoms with Gasteiger partial charge in [-0.05, 0) is 44.4 Å². The zero-order valence-corrected chi connectivity index (χ0v) is 13.1. The van der Waals surface area contributed by atoms with Crippen molar-refractivity contribution in [3.8, 4) is 0 Å². The van der Waals surface area contributed by atoms with Crippen molar-refractivity contribution in [1.29, 1.82) is 0 Å². The number of amides is 1. The highest BCUT2D eigenvalue weighted by molar-refractivity contribution is 5.79. The number of hydrogen-bond acceptors (Lipinski definition) is 3. The van der Waals surface area contributed by atoms with E-state index >= 15 is 0 Å². The predicted molar refractivity (Wildman–Crippen MR) is 81.0 cm³/mol. The van der Waals surface area contributed by atoms with Crippen molar-refractivity contribution in [3.63, 3.8) is 0 Å². The van der Waals surface area contributed by atoms with Gasteiger partial charge in [0.2, 0.25) is 5.91 Å². The molecular formula is C17H27NO3. The van der Waals surface area contributed by atoms with Gasteiger partial charge in [0.05, 0.1) is 5.60 Å². The monoisotopic (exact) mass is 293 g/mol. The Balaban J connectivity index is 1.55. The summed E-state index contributed by atoms with van der Waals surface area (Å²) in [6.07, 6.45) is 10.3. The predicted octanol–water partition coefficient (Wildman–Crippen LogP) is 2.39. The SMILES string of the molecule is COCC[C@@H]1CCOC12CCN(C(=O)C1CC=CC1)CC2. The molecule has 1 aliphatic carbocycles. The number of nitrogens with zero attached hydrogens (tertiary/aromatic N) is 1. The van der Waals surface area contributed by atoms with Crippen LogP contribution in [0.15, 0.2) is 12.2 Å². The number of ether oxygens (including phenoxy) is 2. The van der Waals surface area contributed by atoms with Crippen LogP contribution in [0, 0.1) is 11.8 Å². The minimum Gasteiger partial charge on any atom is -0.385 e. The van der Waals surface area contributed by atoms with Gasteiger partial charge in [-0.2, -0.15) is 0 Å². The number of likely N-dealkylation sites (tertiary alicyclic amines) is 1. The number of carbonyl (C=O) groups is 1. The molecule has 0 N–H and O–H groups in total. The van der Waals surface area contributed by atoms with Gasteiger partial charge in [0.15, 0.2) is 0 Å². The quantitative estimate of drug-likeness (QED) is 0.747. The van der Waals surface area contributed by atoms with Crippen LogP contribution < -0.4 is 0 Å². The molecule has 1 atom stereocenters. The molecule has 0 aromatic rings. The molecule has 0 saturated carbocycles. The van der Waals surface area contributed by atoms with Gasteiger partial charge in [0.1, 0.15) is 0 Å². The Bertz CT molecular complexity index is 391. The van der Waals surface area contributed by atoms with Gasteiger partial charge in [0, 0.05) is 39.3 Å². The first-order valence-electron chi connectivity index (χ1n) is 8.32. The van der Waals surface area contributed by atoms with Crippen molar-refractivity contribution in [3.05, 3.63) is 12.2 Å². The van der Waals surface area contributed by atoms with Gasteiger partial charge in [-0.3, -0.25) is 4.79 Å². The van der Waals surface area contributed by atoms with Crippen LogP contribution in [0.2, 0.25) is 0 Å². The van der Waals surface area contributed by atoms with Crippen molar-refractivity contribution >= 4 is 5.91 Å². The van der Waals surface area contributed by atoms with Gasteiger partial charge in [-0.1, -0.05) is 12.2 Å². The van der Waals surface area contributed by atoms with Gasteiger partial charge in [-0.15, -0.1) is 0 Å². The van der Waals surface area contributed by atoms with Crippen molar-refractivity contribution in [1.82, 2.24) is 4.90 Å². The average molecular weight is 293 g/mol. The number of allylic oxidation sites excluding steroid dienone is 2. The lowest BCUT2D eigenvalue weighted by atomic mass is 9.78. The van der Waals surface area contributed by atoms with Crippen LogP contribution in [-0.4, -0.2) is 49.8 Å². The third kappa shape index (κ3) is 3.02. The van der Waals surface area contributed by atoms with E-state index < -0.39 is 0 Å². The minimum absolute atomic E-state index is 0.0171. The third-order valence-corrected chi connectivity index (χ3v) is 5.55. The Morgan fingerprint density at radius 3 is 2.71 bits per heavy atom. The fraction of sp³-hybridized carbons (Fsp3) is 0.824. The van der Waals surface area contributed by atoms with Crippen LogP contribution in [0.1, 0.15) is 38.5 Å². The van der Waals surface area contributed by atoms with Gasteiger partial charge >= 0.3 is 0 Å². The van der Waals surface area contributed by atoms with E-state index in [4.69, 9.17) is 9.47 Å². The Morgan fingerprint density at radius 1 is 1.33 bits per heavy atom. The van der Waals surface area contributed by atoms with Gasteiger partial charge < -0.3 is 14.4 Å². The summed E-state index contributed by atoms with van der Waals surface area (Å²) in [6.45, 7) is 3.40. The lowest BCUT2D eigenvalue weighted by molar-refractivity contribution is -0.141. The lowest BCUT2D eigenvalue weighted by Gasteiger charge is -2.42. The first-order chi connectivity index (χ1) is 10.2. The van der Waals surface area contributed by atoms with Crippen molar-refractivity contribution in [2.45, 2.75) is 44.1 Å². The summed E-state index contributed by atoms with van der Waals surface area (Å²) >= 11 is 0. The van der Waals surface area contributed by atoms with E-state index in [1.165, 1.54) is 0 Å². The maximum absolute atomic E-state index is 12.5. The van der Waals surface area contributed by atoms with Crippen molar-refractivity contribution in [2.75, 3.05) is 33.4 Å². The zero-order chi connectivity index (χ0) is 14.7. The second-order valence-corrected chi connectivity index (χ2v) is 6.65. The molecule has 118 valence electrons. The molecule has 2 aliphatic heterocycles. The van der Waals surface area contributed by atoms with E-state index in [0.29, 0.717) is 11.8 Å². The van der Waals surface area contributed by atoms with E-state index in [1.54, 1.807) is 7.11 Å². The summed E-state index contributed by atoms with van der Waals surface area (Å²) in [4.78, 5) is 14.5. The molecule has 4 heteroatoms. The fourth-order valence-corrected chi connectivity index (χ4v) is 4.19. The number of methoxy groups -OCH3 is 1. The summed E-state index contributed by atoms with van der Waals surface area (Å²) in [5, 5.41) is 0. The van der Waals surface area contributed by atoms with Gasteiger partial charge in [-0.25, -0.2) is 0 Å².